The Hall–Kier alpha value is -1.92. The molecular formula is C77H147NO5. The van der Waals surface area contributed by atoms with Crippen LogP contribution in [0.4, 0.5) is 0 Å². The first-order valence-corrected chi connectivity index (χ1v) is 37.8. The van der Waals surface area contributed by atoms with Gasteiger partial charge < -0.3 is 20.3 Å². The molecule has 0 radical (unpaired) electrons. The molecule has 6 nitrogen and oxygen atoms in total. The predicted octanol–water partition coefficient (Wildman–Crippen LogP) is 24.7. The fraction of sp³-hybridized carbons (Fsp3) is 0.896. The Bertz CT molecular complexity index is 1340. The number of carbonyl (C=O) groups is 2. The number of nitrogens with one attached hydrogen (secondary N) is 1. The summed E-state index contributed by atoms with van der Waals surface area (Å²) in [6.07, 6.45) is 93.8. The Kier molecular flexibility index (Phi) is 70.9. The molecule has 0 aromatic rings. The van der Waals surface area contributed by atoms with Gasteiger partial charge in [-0.2, -0.15) is 0 Å². The SMILES string of the molecule is CCCCC/C=C\C/C=C\CCCCCCCC(=O)OCCCCCCCCCCCCCCCCCCCCCCCCCCCCC(=O)NC(CO)C(O)/C=C/CCCCCCCCCCCCCCCCCCCCCCCCC. The molecule has 0 fully saturated rings. The van der Waals surface area contributed by atoms with Crippen molar-refractivity contribution in [2.45, 2.75) is 431 Å². The van der Waals surface area contributed by atoms with Crippen LogP contribution in [0.1, 0.15) is 418 Å². The summed E-state index contributed by atoms with van der Waals surface area (Å²) in [5.74, 6) is -0.0576. The molecule has 1 amide bonds. The first-order valence-electron chi connectivity index (χ1n) is 37.8. The second kappa shape index (κ2) is 72.6. The summed E-state index contributed by atoms with van der Waals surface area (Å²) in [5, 5.41) is 23.3. The van der Waals surface area contributed by atoms with Crippen LogP contribution in [-0.2, 0) is 14.3 Å². The summed E-state index contributed by atoms with van der Waals surface area (Å²) in [5.41, 5.74) is 0. The van der Waals surface area contributed by atoms with E-state index in [0.29, 0.717) is 19.4 Å². The molecule has 0 spiro atoms. The van der Waals surface area contributed by atoms with Gasteiger partial charge in [-0.15, -0.1) is 0 Å². The number of allylic oxidation sites excluding steroid dienone is 5. The van der Waals surface area contributed by atoms with E-state index in [0.717, 1.165) is 51.4 Å². The topological polar surface area (TPSA) is 95.9 Å². The molecule has 0 aromatic carbocycles. The monoisotopic (exact) mass is 1170 g/mol. The van der Waals surface area contributed by atoms with E-state index in [1.807, 2.05) is 6.08 Å². The third-order valence-electron chi connectivity index (χ3n) is 17.7. The summed E-state index contributed by atoms with van der Waals surface area (Å²) < 4.78 is 5.49. The second-order valence-electron chi connectivity index (χ2n) is 26.0. The van der Waals surface area contributed by atoms with Gasteiger partial charge in [0.05, 0.1) is 25.4 Å². The molecule has 3 N–H and O–H groups in total. The number of ether oxygens (including phenoxy) is 1. The van der Waals surface area contributed by atoms with Crippen molar-refractivity contribution >= 4 is 11.9 Å². The molecule has 6 heteroatoms. The van der Waals surface area contributed by atoms with Crippen molar-refractivity contribution in [2.24, 2.45) is 0 Å². The number of rotatable bonds is 71. The highest BCUT2D eigenvalue weighted by molar-refractivity contribution is 5.76. The Balaban J connectivity index is 3.39. The van der Waals surface area contributed by atoms with E-state index in [2.05, 4.69) is 43.5 Å². The summed E-state index contributed by atoms with van der Waals surface area (Å²) in [6, 6.07) is -0.628. The van der Waals surface area contributed by atoms with Crippen LogP contribution < -0.4 is 5.32 Å². The molecule has 0 aromatic heterocycles. The van der Waals surface area contributed by atoms with E-state index in [1.54, 1.807) is 6.08 Å². The molecule has 0 aliphatic rings. The van der Waals surface area contributed by atoms with Crippen LogP contribution in [0, 0.1) is 0 Å². The van der Waals surface area contributed by atoms with Crippen molar-refractivity contribution in [3.05, 3.63) is 36.5 Å². The maximum Gasteiger partial charge on any atom is 0.305 e. The molecule has 0 saturated carbocycles. The van der Waals surface area contributed by atoms with E-state index < -0.39 is 12.1 Å². The van der Waals surface area contributed by atoms with Crippen molar-refractivity contribution in [3.63, 3.8) is 0 Å². The van der Waals surface area contributed by atoms with E-state index in [9.17, 15) is 19.8 Å². The van der Waals surface area contributed by atoms with E-state index >= 15 is 0 Å². The van der Waals surface area contributed by atoms with Gasteiger partial charge in [-0.05, 0) is 64.2 Å². The highest BCUT2D eigenvalue weighted by Crippen LogP contribution is 2.19. The maximum absolute atomic E-state index is 12.6. The van der Waals surface area contributed by atoms with Crippen LogP contribution in [0.15, 0.2) is 36.5 Å². The maximum atomic E-state index is 12.6. The highest BCUT2D eigenvalue weighted by atomic mass is 16.5. The van der Waals surface area contributed by atoms with Gasteiger partial charge >= 0.3 is 5.97 Å². The number of unbranched alkanes of at least 4 members (excludes halogenated alkanes) is 56. The zero-order chi connectivity index (χ0) is 59.9. The number of carbonyl (C=O) groups excluding carboxylic acids is 2. The molecule has 0 rings (SSSR count). The Morgan fingerprint density at radius 1 is 0.337 bits per heavy atom. The molecular weight excluding hydrogens is 1020 g/mol. The van der Waals surface area contributed by atoms with Gasteiger partial charge in [0.1, 0.15) is 0 Å². The zero-order valence-corrected chi connectivity index (χ0v) is 56.2. The number of esters is 1. The summed E-state index contributed by atoms with van der Waals surface area (Å²) in [7, 11) is 0. The minimum Gasteiger partial charge on any atom is -0.466 e. The normalized spacial score (nSPS) is 12.7. The smallest absolute Gasteiger partial charge is 0.305 e. The van der Waals surface area contributed by atoms with Crippen molar-refractivity contribution in [1.29, 1.82) is 0 Å². The Labute approximate surface area is 519 Å². The molecule has 2 atom stereocenters. The van der Waals surface area contributed by atoms with Gasteiger partial charge in [-0.1, -0.05) is 378 Å². The minimum atomic E-state index is -0.845. The predicted molar refractivity (Wildman–Crippen MR) is 366 cm³/mol. The van der Waals surface area contributed by atoms with Crippen LogP contribution in [0.5, 0.6) is 0 Å². The average Bonchev–Trinajstić information content (AvgIpc) is 3.49. The number of hydrogen-bond donors (Lipinski definition) is 3. The average molecular weight is 1170 g/mol. The molecule has 0 saturated heterocycles. The lowest BCUT2D eigenvalue weighted by Gasteiger charge is -2.20. The van der Waals surface area contributed by atoms with Crippen molar-refractivity contribution < 1.29 is 24.5 Å². The quantitative estimate of drug-likeness (QED) is 0.0320. The van der Waals surface area contributed by atoms with E-state index in [4.69, 9.17) is 4.74 Å². The van der Waals surface area contributed by atoms with Crippen LogP contribution >= 0.6 is 0 Å². The first-order chi connectivity index (χ1) is 41.0. The van der Waals surface area contributed by atoms with E-state index in [1.165, 1.54) is 340 Å². The van der Waals surface area contributed by atoms with Gasteiger partial charge in [0.2, 0.25) is 5.91 Å². The molecule has 83 heavy (non-hydrogen) atoms. The van der Waals surface area contributed by atoms with Gasteiger partial charge in [0.15, 0.2) is 0 Å². The zero-order valence-electron chi connectivity index (χ0n) is 56.2. The highest BCUT2D eigenvalue weighted by Gasteiger charge is 2.18. The van der Waals surface area contributed by atoms with Crippen molar-refractivity contribution in [3.8, 4) is 0 Å². The first kappa shape index (κ1) is 81.1. The van der Waals surface area contributed by atoms with Crippen LogP contribution in [0.2, 0.25) is 0 Å². The minimum absolute atomic E-state index is 0.00353. The Morgan fingerprint density at radius 3 is 0.940 bits per heavy atom. The fourth-order valence-corrected chi connectivity index (χ4v) is 11.9. The fourth-order valence-electron chi connectivity index (χ4n) is 11.9. The number of aliphatic hydroxyl groups excluding tert-OH is 2. The molecule has 0 aliphatic heterocycles. The standard InChI is InChI=1S/C77H147NO5/c1-3-5-7-9-11-13-15-17-19-20-21-22-23-26-29-32-35-38-42-45-49-53-57-61-65-69-75(80)74(73-79)78-76(81)70-66-62-58-54-50-46-43-39-36-33-30-27-24-25-28-31-34-37-40-44-48-52-56-60-64-68-72-83-77(82)71-67-63-59-55-51-47-41-18-16-14-12-10-8-6-4-2/h12,14,18,41,65,69,74-75,79-80H,3-11,13,15-17,19-40,42-64,66-68,70-73H2,1-2H3,(H,78,81)/b14-12-,41-18-,69-65+. The lowest BCUT2D eigenvalue weighted by molar-refractivity contribution is -0.143. The van der Waals surface area contributed by atoms with Gasteiger partial charge in [0, 0.05) is 12.8 Å². The second-order valence-corrected chi connectivity index (χ2v) is 26.0. The Morgan fingerprint density at radius 2 is 0.602 bits per heavy atom. The third-order valence-corrected chi connectivity index (χ3v) is 17.7. The molecule has 0 aliphatic carbocycles. The van der Waals surface area contributed by atoms with Crippen molar-refractivity contribution in [1.82, 2.24) is 5.32 Å². The van der Waals surface area contributed by atoms with Gasteiger partial charge in [-0.3, -0.25) is 9.59 Å². The summed E-state index contributed by atoms with van der Waals surface area (Å²) in [6.45, 7) is 4.91. The molecule has 0 bridgehead atoms. The van der Waals surface area contributed by atoms with E-state index in [-0.39, 0.29) is 18.5 Å². The molecule has 2 unspecified atom stereocenters. The van der Waals surface area contributed by atoms with Crippen LogP contribution in [0.25, 0.3) is 0 Å². The number of amides is 1. The van der Waals surface area contributed by atoms with Gasteiger partial charge in [0.25, 0.3) is 0 Å². The lowest BCUT2D eigenvalue weighted by Crippen LogP contribution is -2.45. The third kappa shape index (κ3) is 69.1. The number of hydrogen-bond acceptors (Lipinski definition) is 5. The summed E-state index contributed by atoms with van der Waals surface area (Å²) in [4.78, 5) is 24.6. The number of aliphatic hydroxyl groups is 2. The van der Waals surface area contributed by atoms with Crippen molar-refractivity contribution in [2.75, 3.05) is 13.2 Å². The largest absolute Gasteiger partial charge is 0.466 e. The van der Waals surface area contributed by atoms with Gasteiger partial charge in [-0.25, -0.2) is 0 Å². The molecule has 490 valence electrons. The van der Waals surface area contributed by atoms with Crippen LogP contribution in [0.3, 0.4) is 0 Å². The lowest BCUT2D eigenvalue weighted by atomic mass is 10.0. The molecule has 0 heterocycles. The summed E-state index contributed by atoms with van der Waals surface area (Å²) >= 11 is 0. The van der Waals surface area contributed by atoms with Crippen LogP contribution in [-0.4, -0.2) is 47.4 Å².